The van der Waals surface area contributed by atoms with Crippen molar-refractivity contribution in [2.45, 2.75) is 38.5 Å². The van der Waals surface area contributed by atoms with E-state index in [1.165, 1.54) is 49.7 Å². The molecule has 0 amide bonds. The molecule has 1 aliphatic rings. The minimum Gasteiger partial charge on any atom is -0.0622 e. The highest BCUT2D eigenvalue weighted by Crippen LogP contribution is 2.35. The van der Waals surface area contributed by atoms with Crippen LogP contribution in [0.3, 0.4) is 0 Å². The molecule has 3 rings (SSSR count). The molecule has 0 N–H and O–H groups in total. The van der Waals surface area contributed by atoms with E-state index in [2.05, 4.69) is 60.7 Å². The van der Waals surface area contributed by atoms with Gasteiger partial charge in [0.25, 0.3) is 0 Å². The maximum atomic E-state index is 2.26. The Morgan fingerprint density at radius 1 is 0.450 bits per heavy atom. The van der Waals surface area contributed by atoms with E-state index in [0.717, 1.165) is 0 Å². The third-order valence-electron chi connectivity index (χ3n) is 4.21. The second-order valence-electron chi connectivity index (χ2n) is 5.60. The van der Waals surface area contributed by atoms with Gasteiger partial charge in [-0.05, 0) is 48.0 Å². The summed E-state index contributed by atoms with van der Waals surface area (Å²) >= 11 is 0. The van der Waals surface area contributed by atoms with Gasteiger partial charge in [0, 0.05) is 0 Å². The van der Waals surface area contributed by atoms with Gasteiger partial charge in [-0.1, -0.05) is 73.5 Å². The summed E-state index contributed by atoms with van der Waals surface area (Å²) in [6.45, 7) is 0. The predicted octanol–water partition coefficient (Wildman–Crippen LogP) is 5.95. The molecule has 0 radical (unpaired) electrons. The summed E-state index contributed by atoms with van der Waals surface area (Å²) in [6.07, 6.45) is 7.82. The Bertz CT molecular complexity index is 510. The summed E-state index contributed by atoms with van der Waals surface area (Å²) in [6, 6.07) is 21.9. The largest absolute Gasteiger partial charge is 0.0622 e. The number of rotatable bonds is 2. The molecule has 0 fully saturated rings. The van der Waals surface area contributed by atoms with E-state index in [1.54, 1.807) is 11.1 Å². The van der Waals surface area contributed by atoms with Crippen molar-refractivity contribution in [2.24, 2.45) is 0 Å². The molecule has 20 heavy (non-hydrogen) atoms. The van der Waals surface area contributed by atoms with Gasteiger partial charge in [0.1, 0.15) is 0 Å². The molecule has 0 saturated heterocycles. The molecular formula is C20H22. The quantitative estimate of drug-likeness (QED) is 0.627. The minimum atomic E-state index is 1.22. The number of hydrogen-bond donors (Lipinski definition) is 0. The first-order valence-corrected chi connectivity index (χ1v) is 7.78. The first-order chi connectivity index (χ1) is 9.95. The molecule has 0 bridgehead atoms. The lowest BCUT2D eigenvalue weighted by molar-refractivity contribution is 0.649. The zero-order valence-electron chi connectivity index (χ0n) is 12.0. The maximum Gasteiger partial charge on any atom is -0.0222 e. The van der Waals surface area contributed by atoms with Crippen molar-refractivity contribution in [1.29, 1.82) is 0 Å². The summed E-state index contributed by atoms with van der Waals surface area (Å²) in [5.74, 6) is 0. The SMILES string of the molecule is c1ccc(/C2=C(\c3ccccc3)CCCCCC2)cc1. The topological polar surface area (TPSA) is 0 Å². The van der Waals surface area contributed by atoms with Crippen LogP contribution in [0.25, 0.3) is 11.1 Å². The van der Waals surface area contributed by atoms with E-state index >= 15 is 0 Å². The van der Waals surface area contributed by atoms with Crippen LogP contribution >= 0.6 is 0 Å². The van der Waals surface area contributed by atoms with Gasteiger partial charge in [0.2, 0.25) is 0 Å². The molecule has 0 spiro atoms. The van der Waals surface area contributed by atoms with Crippen LogP contribution in [0.1, 0.15) is 49.7 Å². The van der Waals surface area contributed by atoms with Gasteiger partial charge in [-0.2, -0.15) is 0 Å². The zero-order chi connectivity index (χ0) is 13.6. The molecule has 0 saturated carbocycles. The van der Waals surface area contributed by atoms with E-state index in [0.29, 0.717) is 0 Å². The summed E-state index contributed by atoms with van der Waals surface area (Å²) in [7, 11) is 0. The van der Waals surface area contributed by atoms with Crippen molar-refractivity contribution in [3.8, 4) is 0 Å². The van der Waals surface area contributed by atoms with Gasteiger partial charge in [0.15, 0.2) is 0 Å². The average molecular weight is 262 g/mol. The second-order valence-corrected chi connectivity index (χ2v) is 5.60. The van der Waals surface area contributed by atoms with Crippen LogP contribution < -0.4 is 0 Å². The van der Waals surface area contributed by atoms with Gasteiger partial charge in [-0.25, -0.2) is 0 Å². The van der Waals surface area contributed by atoms with E-state index in [9.17, 15) is 0 Å². The fourth-order valence-corrected chi connectivity index (χ4v) is 3.17. The van der Waals surface area contributed by atoms with E-state index in [4.69, 9.17) is 0 Å². The molecular weight excluding hydrogens is 240 g/mol. The zero-order valence-corrected chi connectivity index (χ0v) is 12.0. The second kappa shape index (κ2) is 6.56. The number of allylic oxidation sites excluding steroid dienone is 2. The Hall–Kier alpha value is -1.82. The normalized spacial score (nSPS) is 20.2. The molecule has 0 aliphatic heterocycles. The molecule has 0 heteroatoms. The Labute approximate surface area is 122 Å². The Balaban J connectivity index is 2.09. The molecule has 0 heterocycles. The highest BCUT2D eigenvalue weighted by molar-refractivity contribution is 5.90. The van der Waals surface area contributed by atoms with Crippen LogP contribution in [0.5, 0.6) is 0 Å². The predicted molar refractivity (Wildman–Crippen MR) is 87.4 cm³/mol. The van der Waals surface area contributed by atoms with Crippen LogP contribution in [0.15, 0.2) is 60.7 Å². The standard InChI is InChI=1S/C20H22/c1-2-10-16-20(18-13-7-4-8-14-18)19(15-9-1)17-11-5-3-6-12-17/h3-8,11-14H,1-2,9-10,15-16H2/b20-19-. The molecule has 2 aromatic rings. The van der Waals surface area contributed by atoms with Crippen molar-refractivity contribution in [3.63, 3.8) is 0 Å². The molecule has 0 nitrogen and oxygen atoms in total. The average Bonchev–Trinajstić information content (AvgIpc) is 2.49. The van der Waals surface area contributed by atoms with Crippen molar-refractivity contribution in [3.05, 3.63) is 71.8 Å². The first kappa shape index (κ1) is 13.2. The lowest BCUT2D eigenvalue weighted by atomic mass is 9.86. The van der Waals surface area contributed by atoms with Gasteiger partial charge < -0.3 is 0 Å². The molecule has 1 aliphatic carbocycles. The molecule has 102 valence electrons. The lowest BCUT2D eigenvalue weighted by Crippen LogP contribution is -1.97. The third kappa shape index (κ3) is 3.01. The molecule has 2 aromatic carbocycles. The van der Waals surface area contributed by atoms with Gasteiger partial charge in [0.05, 0.1) is 0 Å². The van der Waals surface area contributed by atoms with Crippen molar-refractivity contribution < 1.29 is 0 Å². The Morgan fingerprint density at radius 3 is 1.25 bits per heavy atom. The third-order valence-corrected chi connectivity index (χ3v) is 4.21. The smallest absolute Gasteiger partial charge is 0.0222 e. The number of benzene rings is 2. The van der Waals surface area contributed by atoms with Gasteiger partial charge >= 0.3 is 0 Å². The highest BCUT2D eigenvalue weighted by atomic mass is 14.2. The highest BCUT2D eigenvalue weighted by Gasteiger charge is 2.13. The summed E-state index contributed by atoms with van der Waals surface area (Å²) < 4.78 is 0. The first-order valence-electron chi connectivity index (χ1n) is 7.78. The molecule has 0 atom stereocenters. The Morgan fingerprint density at radius 2 is 0.850 bits per heavy atom. The summed E-state index contributed by atoms with van der Waals surface area (Å²) in [5.41, 5.74) is 5.95. The van der Waals surface area contributed by atoms with Crippen LogP contribution in [-0.4, -0.2) is 0 Å². The van der Waals surface area contributed by atoms with E-state index in [-0.39, 0.29) is 0 Å². The van der Waals surface area contributed by atoms with Crippen molar-refractivity contribution in [1.82, 2.24) is 0 Å². The summed E-state index contributed by atoms with van der Waals surface area (Å²) in [5, 5.41) is 0. The molecule has 0 aromatic heterocycles. The monoisotopic (exact) mass is 262 g/mol. The lowest BCUT2D eigenvalue weighted by Gasteiger charge is -2.19. The minimum absolute atomic E-state index is 1.22. The Kier molecular flexibility index (Phi) is 4.32. The number of hydrogen-bond acceptors (Lipinski definition) is 0. The maximum absolute atomic E-state index is 2.26. The fraction of sp³-hybridized carbons (Fsp3) is 0.300. The van der Waals surface area contributed by atoms with E-state index in [1.807, 2.05) is 0 Å². The van der Waals surface area contributed by atoms with Gasteiger partial charge in [-0.15, -0.1) is 0 Å². The van der Waals surface area contributed by atoms with Crippen LogP contribution in [0, 0.1) is 0 Å². The summed E-state index contributed by atoms with van der Waals surface area (Å²) in [4.78, 5) is 0. The van der Waals surface area contributed by atoms with Crippen molar-refractivity contribution in [2.75, 3.05) is 0 Å². The van der Waals surface area contributed by atoms with E-state index < -0.39 is 0 Å². The van der Waals surface area contributed by atoms with Gasteiger partial charge in [-0.3, -0.25) is 0 Å². The van der Waals surface area contributed by atoms with Crippen LogP contribution in [0.2, 0.25) is 0 Å². The fourth-order valence-electron chi connectivity index (χ4n) is 3.17. The molecule has 0 unspecified atom stereocenters. The van der Waals surface area contributed by atoms with Crippen LogP contribution in [0.4, 0.5) is 0 Å². The van der Waals surface area contributed by atoms with Crippen LogP contribution in [-0.2, 0) is 0 Å². The van der Waals surface area contributed by atoms with Crippen molar-refractivity contribution >= 4 is 11.1 Å².